The number of nitrogens with zero attached hydrogens (tertiary/aromatic N) is 1. The van der Waals surface area contributed by atoms with Crippen molar-refractivity contribution in [1.82, 2.24) is 10.3 Å². The van der Waals surface area contributed by atoms with E-state index in [4.69, 9.17) is 11.6 Å². The number of thiazole rings is 1. The van der Waals surface area contributed by atoms with Crippen LogP contribution in [0.2, 0.25) is 5.02 Å². The second-order valence-corrected chi connectivity index (χ2v) is 5.72. The molecule has 0 saturated heterocycles. The summed E-state index contributed by atoms with van der Waals surface area (Å²) < 4.78 is 14.5. The third-order valence-electron chi connectivity index (χ3n) is 2.18. The molecule has 2 aromatic rings. The SMILES string of the molecule is CNCc1ncc(-c2ccc(Br)c(Cl)c2F)s1. The van der Waals surface area contributed by atoms with Crippen molar-refractivity contribution < 1.29 is 4.39 Å². The minimum absolute atomic E-state index is 0.103. The number of aromatic nitrogens is 1. The predicted molar refractivity (Wildman–Crippen MR) is 73.0 cm³/mol. The van der Waals surface area contributed by atoms with Crippen LogP contribution in [-0.4, -0.2) is 12.0 Å². The van der Waals surface area contributed by atoms with Crippen LogP contribution in [0.3, 0.4) is 0 Å². The number of hydrogen-bond acceptors (Lipinski definition) is 3. The van der Waals surface area contributed by atoms with Gasteiger partial charge in [0.1, 0.15) is 5.01 Å². The molecule has 6 heteroatoms. The first-order valence-electron chi connectivity index (χ1n) is 4.86. The van der Waals surface area contributed by atoms with E-state index < -0.39 is 5.82 Å². The van der Waals surface area contributed by atoms with Crippen LogP contribution in [-0.2, 0) is 6.54 Å². The van der Waals surface area contributed by atoms with E-state index in [-0.39, 0.29) is 5.02 Å². The summed E-state index contributed by atoms with van der Waals surface area (Å²) in [5.74, 6) is -0.416. The molecule has 1 heterocycles. The van der Waals surface area contributed by atoms with Crippen LogP contribution in [0.1, 0.15) is 5.01 Å². The second kappa shape index (κ2) is 5.44. The first-order chi connectivity index (χ1) is 8.13. The van der Waals surface area contributed by atoms with Crippen molar-refractivity contribution >= 4 is 38.9 Å². The van der Waals surface area contributed by atoms with Crippen molar-refractivity contribution in [2.75, 3.05) is 7.05 Å². The van der Waals surface area contributed by atoms with Gasteiger partial charge in [-0.15, -0.1) is 11.3 Å². The molecule has 0 spiro atoms. The van der Waals surface area contributed by atoms with E-state index >= 15 is 0 Å². The van der Waals surface area contributed by atoms with Crippen LogP contribution in [0.4, 0.5) is 4.39 Å². The van der Waals surface area contributed by atoms with Gasteiger partial charge in [-0.05, 0) is 35.1 Å². The summed E-state index contributed by atoms with van der Waals surface area (Å²) in [6, 6.07) is 3.43. The third-order valence-corrected chi connectivity index (χ3v) is 4.47. The molecule has 17 heavy (non-hydrogen) atoms. The van der Waals surface area contributed by atoms with Gasteiger partial charge in [0.25, 0.3) is 0 Å². The normalized spacial score (nSPS) is 10.8. The van der Waals surface area contributed by atoms with Crippen molar-refractivity contribution in [3.8, 4) is 10.4 Å². The lowest BCUT2D eigenvalue weighted by Crippen LogP contribution is -2.03. The van der Waals surface area contributed by atoms with Crippen LogP contribution < -0.4 is 5.32 Å². The molecule has 2 nitrogen and oxygen atoms in total. The zero-order valence-electron chi connectivity index (χ0n) is 8.93. The van der Waals surface area contributed by atoms with Crippen molar-refractivity contribution in [3.05, 3.63) is 38.6 Å². The average Bonchev–Trinajstić information content (AvgIpc) is 2.75. The van der Waals surface area contributed by atoms with E-state index in [2.05, 4.69) is 26.2 Å². The standard InChI is InChI=1S/C11H9BrClFN2S/c1-15-5-9-16-4-8(17-9)6-2-3-7(12)10(13)11(6)14/h2-4,15H,5H2,1H3. The zero-order valence-corrected chi connectivity index (χ0v) is 12.1. The van der Waals surface area contributed by atoms with Crippen molar-refractivity contribution in [2.45, 2.75) is 6.54 Å². The Hall–Kier alpha value is -0.490. The fraction of sp³-hybridized carbons (Fsp3) is 0.182. The summed E-state index contributed by atoms with van der Waals surface area (Å²) in [7, 11) is 1.85. The van der Waals surface area contributed by atoms with Crippen molar-refractivity contribution in [2.24, 2.45) is 0 Å². The molecule has 90 valence electrons. The number of hydrogen-bond donors (Lipinski definition) is 1. The molecule has 1 N–H and O–H groups in total. The van der Waals surface area contributed by atoms with Gasteiger partial charge in [0, 0.05) is 22.8 Å². The van der Waals surface area contributed by atoms with Gasteiger partial charge in [0.15, 0.2) is 5.82 Å². The predicted octanol–water partition coefficient (Wildman–Crippen LogP) is 4.08. The minimum atomic E-state index is -0.416. The van der Waals surface area contributed by atoms with E-state index in [0.29, 0.717) is 16.6 Å². The Bertz CT molecular complexity index is 544. The molecule has 0 unspecified atom stereocenters. The number of benzene rings is 1. The van der Waals surface area contributed by atoms with Gasteiger partial charge in [0.05, 0.1) is 9.90 Å². The third kappa shape index (κ3) is 2.68. The Labute approximate surface area is 116 Å². The molecular weight excluding hydrogens is 327 g/mol. The van der Waals surface area contributed by atoms with Gasteiger partial charge in [0.2, 0.25) is 0 Å². The Morgan fingerprint density at radius 2 is 2.29 bits per heavy atom. The second-order valence-electron chi connectivity index (χ2n) is 3.37. The number of halogens is 3. The Balaban J connectivity index is 2.42. The van der Waals surface area contributed by atoms with Crippen molar-refractivity contribution in [3.63, 3.8) is 0 Å². The van der Waals surface area contributed by atoms with E-state index in [1.54, 1.807) is 18.3 Å². The smallest absolute Gasteiger partial charge is 0.151 e. The summed E-state index contributed by atoms with van der Waals surface area (Å²) in [6.07, 6.45) is 1.67. The summed E-state index contributed by atoms with van der Waals surface area (Å²) in [5.41, 5.74) is 0.484. The molecule has 0 aliphatic rings. The van der Waals surface area contributed by atoms with Crippen molar-refractivity contribution in [1.29, 1.82) is 0 Å². The zero-order chi connectivity index (χ0) is 12.4. The van der Waals surface area contributed by atoms with E-state index in [1.165, 1.54) is 11.3 Å². The maximum Gasteiger partial charge on any atom is 0.151 e. The van der Waals surface area contributed by atoms with Crippen LogP contribution in [0.15, 0.2) is 22.8 Å². The monoisotopic (exact) mass is 334 g/mol. The molecule has 2 rings (SSSR count). The van der Waals surface area contributed by atoms with Gasteiger partial charge >= 0.3 is 0 Å². The van der Waals surface area contributed by atoms with E-state index in [1.807, 2.05) is 7.05 Å². The highest BCUT2D eigenvalue weighted by molar-refractivity contribution is 9.10. The average molecular weight is 336 g/mol. The highest BCUT2D eigenvalue weighted by Gasteiger charge is 2.14. The molecule has 0 saturated carbocycles. The summed E-state index contributed by atoms with van der Waals surface area (Å²) in [5, 5.41) is 4.02. The fourth-order valence-electron chi connectivity index (χ4n) is 1.38. The van der Waals surface area contributed by atoms with Gasteiger partial charge in [-0.2, -0.15) is 0 Å². The highest BCUT2D eigenvalue weighted by atomic mass is 79.9. The lowest BCUT2D eigenvalue weighted by Gasteiger charge is -2.03. The first-order valence-corrected chi connectivity index (χ1v) is 6.85. The maximum absolute atomic E-state index is 13.9. The summed E-state index contributed by atoms with van der Waals surface area (Å²) >= 11 is 10.5. The Morgan fingerprint density at radius 3 is 3.00 bits per heavy atom. The van der Waals surface area contributed by atoms with Crippen LogP contribution >= 0.6 is 38.9 Å². The Kier molecular flexibility index (Phi) is 4.14. The molecule has 1 aromatic heterocycles. The van der Waals surface area contributed by atoms with E-state index in [0.717, 1.165) is 9.88 Å². The fourth-order valence-corrected chi connectivity index (χ4v) is 2.80. The van der Waals surface area contributed by atoms with Gasteiger partial charge in [-0.3, -0.25) is 0 Å². The van der Waals surface area contributed by atoms with Crippen LogP contribution in [0.5, 0.6) is 0 Å². The quantitative estimate of drug-likeness (QED) is 0.855. The molecule has 0 radical (unpaired) electrons. The first kappa shape index (κ1) is 13.0. The Morgan fingerprint density at radius 1 is 1.53 bits per heavy atom. The molecule has 0 bridgehead atoms. The topological polar surface area (TPSA) is 24.9 Å². The van der Waals surface area contributed by atoms with E-state index in [9.17, 15) is 4.39 Å². The molecule has 0 amide bonds. The van der Waals surface area contributed by atoms with Gasteiger partial charge in [-0.25, -0.2) is 9.37 Å². The highest BCUT2D eigenvalue weighted by Crippen LogP contribution is 2.35. The molecule has 0 aliphatic heterocycles. The number of rotatable bonds is 3. The minimum Gasteiger partial charge on any atom is -0.314 e. The molecule has 0 aliphatic carbocycles. The molecule has 0 fully saturated rings. The van der Waals surface area contributed by atoms with Gasteiger partial charge in [-0.1, -0.05) is 11.6 Å². The molecule has 1 aromatic carbocycles. The van der Waals surface area contributed by atoms with Crippen LogP contribution in [0, 0.1) is 5.82 Å². The summed E-state index contributed by atoms with van der Waals surface area (Å²) in [6.45, 7) is 0.677. The largest absolute Gasteiger partial charge is 0.314 e. The molecule has 0 atom stereocenters. The number of nitrogens with one attached hydrogen (secondary N) is 1. The summed E-state index contributed by atoms with van der Waals surface area (Å²) in [4.78, 5) is 4.99. The lowest BCUT2D eigenvalue weighted by atomic mass is 10.2. The molecular formula is C11H9BrClFN2S. The lowest BCUT2D eigenvalue weighted by molar-refractivity contribution is 0.631. The van der Waals surface area contributed by atoms with Gasteiger partial charge < -0.3 is 5.32 Å². The van der Waals surface area contributed by atoms with Crippen LogP contribution in [0.25, 0.3) is 10.4 Å². The maximum atomic E-state index is 13.9.